The zero-order chi connectivity index (χ0) is 15.4. The molecule has 0 fully saturated rings. The van der Waals surface area contributed by atoms with Crippen LogP contribution in [0, 0.1) is 20.8 Å². The van der Waals surface area contributed by atoms with E-state index >= 15 is 0 Å². The Balaban J connectivity index is 1.83. The van der Waals surface area contributed by atoms with Crippen LogP contribution in [0.5, 0.6) is 0 Å². The van der Waals surface area contributed by atoms with Crippen LogP contribution in [0.1, 0.15) is 28.1 Å². The van der Waals surface area contributed by atoms with E-state index in [1.807, 2.05) is 18.7 Å². The molecule has 0 radical (unpaired) electrons. The molecule has 21 heavy (non-hydrogen) atoms. The zero-order valence-corrected chi connectivity index (χ0v) is 13.8. The molecule has 0 bridgehead atoms. The topological polar surface area (TPSA) is 41.9 Å². The van der Waals surface area contributed by atoms with E-state index in [0.29, 0.717) is 11.7 Å². The summed E-state index contributed by atoms with van der Waals surface area (Å²) < 4.78 is 1.90. The summed E-state index contributed by atoms with van der Waals surface area (Å²) in [5, 5.41) is 11.5. The number of thiocarbonyl (C=S) groups is 1. The molecule has 5 heteroatoms. The van der Waals surface area contributed by atoms with Gasteiger partial charge in [-0.3, -0.25) is 4.68 Å². The Bertz CT molecular complexity index is 628. The Morgan fingerprint density at radius 2 is 1.71 bits per heavy atom. The first-order chi connectivity index (χ1) is 9.97. The average molecular weight is 302 g/mol. The Labute approximate surface area is 131 Å². The third-order valence-electron chi connectivity index (χ3n) is 3.66. The van der Waals surface area contributed by atoms with Crippen LogP contribution in [0.2, 0.25) is 0 Å². The molecule has 112 valence electrons. The van der Waals surface area contributed by atoms with E-state index in [2.05, 4.69) is 53.8 Å². The van der Waals surface area contributed by atoms with E-state index in [9.17, 15) is 0 Å². The maximum absolute atomic E-state index is 5.32. The van der Waals surface area contributed by atoms with E-state index in [4.69, 9.17) is 12.2 Å². The van der Waals surface area contributed by atoms with Crippen molar-refractivity contribution in [2.75, 3.05) is 0 Å². The summed E-state index contributed by atoms with van der Waals surface area (Å²) in [5.41, 5.74) is 5.91. The number of aromatic nitrogens is 2. The third kappa shape index (κ3) is 4.04. The molecule has 2 N–H and O–H groups in total. The minimum atomic E-state index is 0.665. The monoisotopic (exact) mass is 302 g/mol. The van der Waals surface area contributed by atoms with Gasteiger partial charge in [-0.25, -0.2) is 0 Å². The Hall–Kier alpha value is -1.88. The Morgan fingerprint density at radius 3 is 2.29 bits per heavy atom. The van der Waals surface area contributed by atoms with Crippen molar-refractivity contribution in [3.8, 4) is 0 Å². The van der Waals surface area contributed by atoms with Crippen molar-refractivity contribution >= 4 is 17.3 Å². The summed E-state index contributed by atoms with van der Waals surface area (Å²) in [6.45, 7) is 7.61. The molecule has 0 saturated carbocycles. The first kappa shape index (κ1) is 15.5. The summed E-state index contributed by atoms with van der Waals surface area (Å²) in [6, 6.07) is 8.44. The Morgan fingerprint density at radius 1 is 1.10 bits per heavy atom. The summed E-state index contributed by atoms with van der Waals surface area (Å²) in [5.74, 6) is 0. The molecular weight excluding hydrogens is 280 g/mol. The molecule has 1 aromatic heterocycles. The van der Waals surface area contributed by atoms with Gasteiger partial charge in [0.2, 0.25) is 0 Å². The van der Waals surface area contributed by atoms with Crippen molar-refractivity contribution in [3.05, 3.63) is 52.3 Å². The smallest absolute Gasteiger partial charge is 0.166 e. The molecule has 0 aliphatic rings. The molecule has 0 amide bonds. The second-order valence-electron chi connectivity index (χ2n) is 5.29. The molecule has 0 atom stereocenters. The minimum absolute atomic E-state index is 0.665. The van der Waals surface area contributed by atoms with Gasteiger partial charge >= 0.3 is 0 Å². The van der Waals surface area contributed by atoms with Gasteiger partial charge in [0.15, 0.2) is 5.11 Å². The quantitative estimate of drug-likeness (QED) is 0.852. The van der Waals surface area contributed by atoms with Gasteiger partial charge in [-0.15, -0.1) is 0 Å². The lowest BCUT2D eigenvalue weighted by atomic mass is 10.1. The van der Waals surface area contributed by atoms with Crippen LogP contribution in [0.15, 0.2) is 24.3 Å². The summed E-state index contributed by atoms with van der Waals surface area (Å²) in [7, 11) is 1.96. The van der Waals surface area contributed by atoms with E-state index < -0.39 is 0 Å². The maximum atomic E-state index is 5.32. The standard InChI is InChI=1S/C16H22N4S/c1-11-5-7-14(8-6-11)9-17-16(21)18-10-15-12(2)19-20(4)13(15)3/h5-8H,9-10H2,1-4H3,(H2,17,18,21). The molecule has 2 aromatic rings. The van der Waals surface area contributed by atoms with Crippen molar-refractivity contribution in [2.24, 2.45) is 7.05 Å². The highest BCUT2D eigenvalue weighted by molar-refractivity contribution is 7.80. The van der Waals surface area contributed by atoms with Crippen molar-refractivity contribution in [2.45, 2.75) is 33.9 Å². The van der Waals surface area contributed by atoms with Crippen LogP contribution in [-0.2, 0) is 20.1 Å². The fourth-order valence-electron chi connectivity index (χ4n) is 2.19. The van der Waals surface area contributed by atoms with Crippen LogP contribution in [0.3, 0.4) is 0 Å². The second-order valence-corrected chi connectivity index (χ2v) is 5.70. The molecule has 0 spiro atoms. The highest BCUT2D eigenvalue weighted by Crippen LogP contribution is 2.11. The zero-order valence-electron chi connectivity index (χ0n) is 13.0. The van der Waals surface area contributed by atoms with Crippen molar-refractivity contribution < 1.29 is 0 Å². The van der Waals surface area contributed by atoms with Crippen LogP contribution >= 0.6 is 12.2 Å². The fourth-order valence-corrected chi connectivity index (χ4v) is 2.34. The molecule has 0 saturated heterocycles. The van der Waals surface area contributed by atoms with E-state index in [1.165, 1.54) is 22.4 Å². The van der Waals surface area contributed by atoms with E-state index in [0.717, 1.165) is 12.2 Å². The highest BCUT2D eigenvalue weighted by atomic mass is 32.1. The first-order valence-corrected chi connectivity index (χ1v) is 7.44. The molecule has 1 aromatic carbocycles. The molecule has 0 aliphatic carbocycles. The predicted molar refractivity (Wildman–Crippen MR) is 90.1 cm³/mol. The predicted octanol–water partition coefficient (Wildman–Crippen LogP) is 2.51. The van der Waals surface area contributed by atoms with Gasteiger partial charge in [-0.05, 0) is 38.6 Å². The van der Waals surface area contributed by atoms with Gasteiger partial charge in [-0.2, -0.15) is 5.10 Å². The fraction of sp³-hybridized carbons (Fsp3) is 0.375. The number of rotatable bonds is 4. The number of hydrogen-bond donors (Lipinski definition) is 2. The first-order valence-electron chi connectivity index (χ1n) is 7.03. The normalized spacial score (nSPS) is 10.5. The second kappa shape index (κ2) is 6.72. The maximum Gasteiger partial charge on any atom is 0.166 e. The summed E-state index contributed by atoms with van der Waals surface area (Å²) in [4.78, 5) is 0. The molecular formula is C16H22N4S. The number of nitrogens with one attached hydrogen (secondary N) is 2. The van der Waals surface area contributed by atoms with Crippen LogP contribution in [0.4, 0.5) is 0 Å². The summed E-state index contributed by atoms with van der Waals surface area (Å²) in [6.07, 6.45) is 0. The van der Waals surface area contributed by atoms with E-state index in [1.54, 1.807) is 0 Å². The minimum Gasteiger partial charge on any atom is -0.359 e. The van der Waals surface area contributed by atoms with Crippen molar-refractivity contribution in [3.63, 3.8) is 0 Å². The lowest BCUT2D eigenvalue weighted by molar-refractivity contribution is 0.729. The highest BCUT2D eigenvalue weighted by Gasteiger charge is 2.09. The average Bonchev–Trinajstić information content (AvgIpc) is 2.69. The largest absolute Gasteiger partial charge is 0.359 e. The van der Waals surface area contributed by atoms with Gasteiger partial charge in [-0.1, -0.05) is 29.8 Å². The van der Waals surface area contributed by atoms with Crippen LogP contribution in [0.25, 0.3) is 0 Å². The van der Waals surface area contributed by atoms with Gasteiger partial charge < -0.3 is 10.6 Å². The van der Waals surface area contributed by atoms with Gasteiger partial charge in [0.25, 0.3) is 0 Å². The lowest BCUT2D eigenvalue weighted by Crippen LogP contribution is -2.34. The number of aryl methyl sites for hydroxylation is 3. The molecule has 2 rings (SSSR count). The molecule has 0 unspecified atom stereocenters. The summed E-state index contributed by atoms with van der Waals surface area (Å²) >= 11 is 5.32. The number of nitrogens with zero attached hydrogens (tertiary/aromatic N) is 2. The number of benzene rings is 1. The molecule has 4 nitrogen and oxygen atoms in total. The van der Waals surface area contributed by atoms with Crippen molar-refractivity contribution in [1.82, 2.24) is 20.4 Å². The SMILES string of the molecule is Cc1ccc(CNC(=S)NCc2c(C)nn(C)c2C)cc1. The Kier molecular flexibility index (Phi) is 4.96. The van der Waals surface area contributed by atoms with Gasteiger partial charge in [0, 0.05) is 31.4 Å². The lowest BCUT2D eigenvalue weighted by Gasteiger charge is -2.11. The number of hydrogen-bond acceptors (Lipinski definition) is 2. The van der Waals surface area contributed by atoms with Crippen LogP contribution in [-0.4, -0.2) is 14.9 Å². The van der Waals surface area contributed by atoms with Gasteiger partial charge in [0.05, 0.1) is 5.69 Å². The van der Waals surface area contributed by atoms with Crippen molar-refractivity contribution in [1.29, 1.82) is 0 Å². The molecule has 0 aliphatic heterocycles. The van der Waals surface area contributed by atoms with Crippen LogP contribution < -0.4 is 10.6 Å². The van der Waals surface area contributed by atoms with E-state index in [-0.39, 0.29) is 0 Å². The van der Waals surface area contributed by atoms with Gasteiger partial charge in [0.1, 0.15) is 0 Å². The third-order valence-corrected chi connectivity index (χ3v) is 3.95. The molecule has 1 heterocycles.